The van der Waals surface area contributed by atoms with E-state index in [0.29, 0.717) is 12.2 Å². The molecular formula is C26H24N4O3. The van der Waals surface area contributed by atoms with E-state index < -0.39 is 17.2 Å². The monoisotopic (exact) mass is 440 g/mol. The Morgan fingerprint density at radius 2 is 1.42 bits per heavy atom. The number of hydrogen-bond donors (Lipinski definition) is 0. The third-order valence-electron chi connectivity index (χ3n) is 5.33. The van der Waals surface area contributed by atoms with Gasteiger partial charge in [-0.3, -0.25) is 14.2 Å². The summed E-state index contributed by atoms with van der Waals surface area (Å²) in [6.45, 7) is 2.28. The van der Waals surface area contributed by atoms with Gasteiger partial charge in [0.1, 0.15) is 0 Å². The Kier molecular flexibility index (Phi) is 6.31. The molecule has 0 radical (unpaired) electrons. The van der Waals surface area contributed by atoms with Crippen molar-refractivity contribution in [3.63, 3.8) is 0 Å². The molecule has 0 unspecified atom stereocenters. The Balaban J connectivity index is 1.81. The standard InChI is InChI=1S/C26H24N4O3/c1-19-13-15-22(16-14-19)30-26(33)29(18-21-11-7-4-8-12-21)25(32)23(27-30)24(31)28(2)17-20-9-5-3-6-10-20/h3-16H,17-18H2,1-2H3. The Bertz CT molecular complexity index is 1380. The zero-order valence-corrected chi connectivity index (χ0v) is 18.5. The van der Waals surface area contributed by atoms with E-state index in [1.807, 2.05) is 79.7 Å². The molecule has 166 valence electrons. The average Bonchev–Trinajstić information content (AvgIpc) is 2.83. The van der Waals surface area contributed by atoms with E-state index in [0.717, 1.165) is 25.9 Å². The average molecular weight is 441 g/mol. The van der Waals surface area contributed by atoms with Gasteiger partial charge in [-0.2, -0.15) is 9.78 Å². The van der Waals surface area contributed by atoms with Gasteiger partial charge >= 0.3 is 5.69 Å². The molecule has 0 aliphatic heterocycles. The number of amides is 1. The summed E-state index contributed by atoms with van der Waals surface area (Å²) in [6, 6.07) is 25.8. The summed E-state index contributed by atoms with van der Waals surface area (Å²) < 4.78 is 2.18. The molecule has 7 nitrogen and oxygen atoms in total. The summed E-state index contributed by atoms with van der Waals surface area (Å²) in [6.07, 6.45) is 0. The molecule has 7 heteroatoms. The number of benzene rings is 3. The first-order valence-corrected chi connectivity index (χ1v) is 10.6. The molecule has 0 spiro atoms. The molecule has 33 heavy (non-hydrogen) atoms. The predicted octanol–water partition coefficient (Wildman–Crippen LogP) is 3.02. The lowest BCUT2D eigenvalue weighted by Crippen LogP contribution is -2.46. The maximum atomic E-state index is 13.3. The van der Waals surface area contributed by atoms with Crippen LogP contribution in [0.15, 0.2) is 94.5 Å². The van der Waals surface area contributed by atoms with Crippen LogP contribution in [0.4, 0.5) is 0 Å². The molecule has 0 N–H and O–H groups in total. The van der Waals surface area contributed by atoms with Crippen molar-refractivity contribution < 1.29 is 4.79 Å². The van der Waals surface area contributed by atoms with Gasteiger partial charge in [-0.05, 0) is 30.2 Å². The molecule has 0 aliphatic carbocycles. The van der Waals surface area contributed by atoms with Crippen LogP contribution in [0.3, 0.4) is 0 Å². The van der Waals surface area contributed by atoms with Crippen molar-refractivity contribution >= 4 is 5.91 Å². The van der Waals surface area contributed by atoms with Gasteiger partial charge in [0.25, 0.3) is 11.5 Å². The van der Waals surface area contributed by atoms with Crippen LogP contribution in [-0.4, -0.2) is 32.2 Å². The van der Waals surface area contributed by atoms with Gasteiger partial charge in [0, 0.05) is 13.6 Å². The molecule has 0 saturated carbocycles. The molecule has 1 aromatic heterocycles. The summed E-state index contributed by atoms with van der Waals surface area (Å²) in [7, 11) is 1.61. The van der Waals surface area contributed by atoms with Crippen molar-refractivity contribution in [3.05, 3.63) is 128 Å². The van der Waals surface area contributed by atoms with Crippen LogP contribution in [-0.2, 0) is 13.1 Å². The molecule has 3 aromatic carbocycles. The molecule has 1 heterocycles. The minimum Gasteiger partial charge on any atom is -0.336 e. The van der Waals surface area contributed by atoms with Gasteiger partial charge in [-0.1, -0.05) is 78.4 Å². The van der Waals surface area contributed by atoms with Gasteiger partial charge < -0.3 is 4.90 Å². The minimum atomic E-state index is -0.711. The van der Waals surface area contributed by atoms with Crippen molar-refractivity contribution in [1.29, 1.82) is 0 Å². The number of aryl methyl sites for hydroxylation is 1. The van der Waals surface area contributed by atoms with Crippen LogP contribution in [0.25, 0.3) is 5.69 Å². The van der Waals surface area contributed by atoms with Crippen molar-refractivity contribution in [2.24, 2.45) is 0 Å². The largest absolute Gasteiger partial charge is 0.352 e. The van der Waals surface area contributed by atoms with Crippen molar-refractivity contribution in [3.8, 4) is 5.69 Å². The van der Waals surface area contributed by atoms with E-state index in [1.165, 1.54) is 4.90 Å². The Hall–Kier alpha value is -4.26. The molecule has 0 atom stereocenters. The fourth-order valence-electron chi connectivity index (χ4n) is 3.52. The van der Waals surface area contributed by atoms with Crippen LogP contribution in [0.1, 0.15) is 27.2 Å². The third-order valence-corrected chi connectivity index (χ3v) is 5.33. The number of carbonyl (C=O) groups is 1. The van der Waals surface area contributed by atoms with Gasteiger partial charge in [-0.15, -0.1) is 0 Å². The number of carbonyl (C=O) groups excluding carboxylic acids is 1. The summed E-state index contributed by atoms with van der Waals surface area (Å²) in [5, 5.41) is 4.22. The first-order valence-electron chi connectivity index (χ1n) is 10.6. The lowest BCUT2D eigenvalue weighted by Gasteiger charge is -2.18. The van der Waals surface area contributed by atoms with Crippen molar-refractivity contribution in [1.82, 2.24) is 19.2 Å². The Morgan fingerprint density at radius 1 is 0.848 bits per heavy atom. The zero-order valence-electron chi connectivity index (χ0n) is 18.5. The summed E-state index contributed by atoms with van der Waals surface area (Å²) in [5.41, 5.74) is 1.58. The highest BCUT2D eigenvalue weighted by molar-refractivity contribution is 5.91. The lowest BCUT2D eigenvalue weighted by molar-refractivity contribution is 0.0773. The normalized spacial score (nSPS) is 10.7. The van der Waals surface area contributed by atoms with Crippen LogP contribution in [0, 0.1) is 6.92 Å². The number of aromatic nitrogens is 3. The third kappa shape index (κ3) is 4.82. The molecule has 0 aliphatic rings. The van der Waals surface area contributed by atoms with Crippen LogP contribution in [0.5, 0.6) is 0 Å². The highest BCUT2D eigenvalue weighted by Gasteiger charge is 2.23. The highest BCUT2D eigenvalue weighted by Crippen LogP contribution is 2.08. The topological polar surface area (TPSA) is 77.2 Å². The van der Waals surface area contributed by atoms with E-state index in [2.05, 4.69) is 5.10 Å². The summed E-state index contributed by atoms with van der Waals surface area (Å²) >= 11 is 0. The van der Waals surface area contributed by atoms with Crippen LogP contribution >= 0.6 is 0 Å². The van der Waals surface area contributed by atoms with Crippen LogP contribution in [0.2, 0.25) is 0 Å². The number of nitrogens with zero attached hydrogens (tertiary/aromatic N) is 4. The van der Waals surface area contributed by atoms with E-state index in [9.17, 15) is 14.4 Å². The van der Waals surface area contributed by atoms with Crippen molar-refractivity contribution in [2.45, 2.75) is 20.0 Å². The second kappa shape index (κ2) is 9.48. The molecule has 0 bridgehead atoms. The van der Waals surface area contributed by atoms with Gasteiger partial charge in [-0.25, -0.2) is 4.79 Å². The van der Waals surface area contributed by atoms with E-state index in [1.54, 1.807) is 19.2 Å². The molecule has 4 aromatic rings. The molecule has 4 rings (SSSR count). The molecular weight excluding hydrogens is 416 g/mol. The van der Waals surface area contributed by atoms with Gasteiger partial charge in [0.15, 0.2) is 0 Å². The van der Waals surface area contributed by atoms with E-state index in [-0.39, 0.29) is 12.2 Å². The maximum Gasteiger partial charge on any atom is 0.352 e. The second-order valence-electron chi connectivity index (χ2n) is 7.90. The fourth-order valence-corrected chi connectivity index (χ4v) is 3.52. The zero-order chi connectivity index (χ0) is 23.4. The maximum absolute atomic E-state index is 13.3. The number of hydrogen-bond acceptors (Lipinski definition) is 4. The van der Waals surface area contributed by atoms with E-state index >= 15 is 0 Å². The summed E-state index contributed by atoms with van der Waals surface area (Å²) in [4.78, 5) is 41.2. The number of rotatable bonds is 6. The van der Waals surface area contributed by atoms with E-state index in [4.69, 9.17) is 0 Å². The smallest absolute Gasteiger partial charge is 0.336 e. The summed E-state index contributed by atoms with van der Waals surface area (Å²) in [5.74, 6) is -0.550. The lowest BCUT2D eigenvalue weighted by atomic mass is 10.2. The first kappa shape index (κ1) is 22.0. The first-order chi connectivity index (χ1) is 15.9. The SMILES string of the molecule is Cc1ccc(-n2nc(C(=O)N(C)Cc3ccccc3)c(=O)n(Cc3ccccc3)c2=O)cc1. The second-order valence-corrected chi connectivity index (χ2v) is 7.90. The molecule has 0 saturated heterocycles. The Labute approximate surface area is 191 Å². The fraction of sp³-hybridized carbons (Fsp3) is 0.154. The predicted molar refractivity (Wildman–Crippen MR) is 127 cm³/mol. The van der Waals surface area contributed by atoms with Crippen molar-refractivity contribution in [2.75, 3.05) is 7.05 Å². The minimum absolute atomic E-state index is 0.0373. The molecule has 0 fully saturated rings. The van der Waals surface area contributed by atoms with Crippen LogP contribution < -0.4 is 11.2 Å². The highest BCUT2D eigenvalue weighted by atomic mass is 16.2. The van der Waals surface area contributed by atoms with Gasteiger partial charge in [0.2, 0.25) is 5.69 Å². The Morgan fingerprint density at radius 3 is 2.03 bits per heavy atom. The molecule has 1 amide bonds. The quantitative estimate of drug-likeness (QED) is 0.462. The van der Waals surface area contributed by atoms with Gasteiger partial charge in [0.05, 0.1) is 12.2 Å².